The Hall–Kier alpha value is -4.51. The molecule has 2 saturated carbocycles. The number of piperidine rings is 2. The summed E-state index contributed by atoms with van der Waals surface area (Å²) in [6, 6.07) is 12.6. The molecule has 0 spiro atoms. The van der Waals surface area contributed by atoms with Crippen LogP contribution in [0, 0.1) is 18.8 Å². The number of amides is 1. The predicted molar refractivity (Wildman–Crippen MR) is 181 cm³/mol. The minimum atomic E-state index is 0.0180. The van der Waals surface area contributed by atoms with Crippen molar-refractivity contribution in [1.82, 2.24) is 34.0 Å². The lowest BCUT2D eigenvalue weighted by atomic mass is 10.0. The summed E-state index contributed by atoms with van der Waals surface area (Å²) in [5.41, 5.74) is 10.9. The summed E-state index contributed by atoms with van der Waals surface area (Å²) in [4.78, 5) is 37.5. The van der Waals surface area contributed by atoms with Crippen LogP contribution < -0.4 is 15.4 Å². The summed E-state index contributed by atoms with van der Waals surface area (Å²) in [5.74, 6) is 4.39. The van der Waals surface area contributed by atoms with Gasteiger partial charge in [0.1, 0.15) is 28.6 Å². The number of hydrogen-bond donors (Lipinski definition) is 1. The number of nitrogens with two attached hydrogens (primary N) is 1. The number of methoxy groups -OCH3 is 1. The minimum absolute atomic E-state index is 0.0180. The Morgan fingerprint density at radius 3 is 2.57 bits per heavy atom. The van der Waals surface area contributed by atoms with Crippen molar-refractivity contribution in [3.05, 3.63) is 60.2 Å². The molecule has 2 bridgehead atoms. The Labute approximate surface area is 273 Å². The highest BCUT2D eigenvalue weighted by Gasteiger charge is 2.47. The van der Waals surface area contributed by atoms with Crippen LogP contribution in [0.25, 0.3) is 33.6 Å². The molecule has 1 aromatic carbocycles. The quantitative estimate of drug-likeness (QED) is 0.267. The molecule has 4 aromatic heterocycles. The van der Waals surface area contributed by atoms with Crippen molar-refractivity contribution in [1.29, 1.82) is 0 Å². The third-order valence-electron chi connectivity index (χ3n) is 11.1. The maximum absolute atomic E-state index is 14.0. The lowest BCUT2D eigenvalue weighted by Gasteiger charge is -2.34. The van der Waals surface area contributed by atoms with Crippen LogP contribution in [0.2, 0.25) is 0 Å². The number of carbonyl (C=O) groups is 1. The summed E-state index contributed by atoms with van der Waals surface area (Å²) in [6.45, 7) is 5.31. The van der Waals surface area contributed by atoms with Crippen molar-refractivity contribution in [2.45, 2.75) is 70.1 Å². The van der Waals surface area contributed by atoms with Crippen LogP contribution in [0.3, 0.4) is 0 Å². The zero-order valence-electron chi connectivity index (χ0n) is 27.0. The molecule has 2 N–H and O–H groups in total. The monoisotopic (exact) mass is 631 g/mol. The number of fused-ring (bicyclic) bond motifs is 4. The van der Waals surface area contributed by atoms with Gasteiger partial charge in [0.05, 0.1) is 18.3 Å². The number of benzene rings is 1. The Bertz CT molecular complexity index is 2000. The Morgan fingerprint density at radius 2 is 1.85 bits per heavy atom. The van der Waals surface area contributed by atoms with Gasteiger partial charge in [-0.25, -0.2) is 19.9 Å². The first-order valence-electron chi connectivity index (χ1n) is 17.1. The third kappa shape index (κ3) is 4.77. The first-order chi connectivity index (χ1) is 23.0. The molecule has 2 saturated heterocycles. The topological polar surface area (TPSA) is 120 Å². The van der Waals surface area contributed by atoms with Gasteiger partial charge in [0, 0.05) is 67.6 Å². The molecule has 4 aliphatic rings. The SMILES string of the molecule is COc1cc(C(=O)N2C[C@H]3CCC2[C@@H]3N)cc2nc(-c3cc4cccnc4n3CC3CC3)n(C3CCN(c4ccnc(C)n4)CC3)c12. The Morgan fingerprint density at radius 1 is 1.00 bits per heavy atom. The smallest absolute Gasteiger partial charge is 0.254 e. The van der Waals surface area contributed by atoms with Crippen LogP contribution in [0.1, 0.15) is 60.7 Å². The van der Waals surface area contributed by atoms with E-state index in [0.29, 0.717) is 23.1 Å². The van der Waals surface area contributed by atoms with Crippen LogP contribution in [-0.4, -0.2) is 78.7 Å². The van der Waals surface area contributed by atoms with E-state index in [1.54, 1.807) is 7.11 Å². The molecular formula is C36H41N9O2. The number of hydrogen-bond acceptors (Lipinski definition) is 8. The molecule has 242 valence electrons. The van der Waals surface area contributed by atoms with Crippen molar-refractivity contribution in [3.63, 3.8) is 0 Å². The standard InChI is InChI=1S/C36H41N9O2/c1-21-38-13-9-31(40-21)42-14-10-26(11-15-42)45-33-27(16-25(18-30(33)47-2)36(46)44-20-24-7-8-28(44)32(24)37)41-35(45)29-17-23-4-3-12-39-34(23)43(29)19-22-5-6-22/h3-4,9,12-13,16-18,22,24,26,28,32H,5-8,10-11,14-15,19-20,37H2,1-2H3/t24-,28?,32-/m1/s1. The zero-order chi connectivity index (χ0) is 31.8. The second-order valence-electron chi connectivity index (χ2n) is 14.0. The molecule has 6 heterocycles. The number of rotatable bonds is 7. The van der Waals surface area contributed by atoms with E-state index < -0.39 is 0 Å². The van der Waals surface area contributed by atoms with Gasteiger partial charge in [0.25, 0.3) is 5.91 Å². The predicted octanol–water partition coefficient (Wildman–Crippen LogP) is 4.97. The summed E-state index contributed by atoms with van der Waals surface area (Å²) in [5, 5.41) is 1.11. The highest BCUT2D eigenvalue weighted by atomic mass is 16.5. The number of ether oxygens (including phenoxy) is 1. The fourth-order valence-electron chi connectivity index (χ4n) is 8.45. The van der Waals surface area contributed by atoms with Gasteiger partial charge >= 0.3 is 0 Å². The van der Waals surface area contributed by atoms with Gasteiger partial charge in [0.2, 0.25) is 0 Å². The van der Waals surface area contributed by atoms with Crippen LogP contribution in [0.4, 0.5) is 5.82 Å². The van der Waals surface area contributed by atoms with E-state index in [-0.39, 0.29) is 24.0 Å². The number of imidazole rings is 1. The second-order valence-corrected chi connectivity index (χ2v) is 14.0. The maximum atomic E-state index is 14.0. The van der Waals surface area contributed by atoms with E-state index in [4.69, 9.17) is 25.4 Å². The molecule has 11 heteroatoms. The van der Waals surface area contributed by atoms with Crippen molar-refractivity contribution >= 4 is 33.8 Å². The summed E-state index contributed by atoms with van der Waals surface area (Å²) in [6.07, 6.45) is 10.1. The molecular weight excluding hydrogens is 590 g/mol. The van der Waals surface area contributed by atoms with Gasteiger partial charge in [0.15, 0.2) is 5.82 Å². The molecule has 3 atom stereocenters. The summed E-state index contributed by atoms with van der Waals surface area (Å²) < 4.78 is 10.9. The molecule has 1 amide bonds. The second kappa shape index (κ2) is 11.0. The van der Waals surface area contributed by atoms with Gasteiger partial charge in [-0.05, 0) is 93.7 Å². The van der Waals surface area contributed by atoms with E-state index in [2.05, 4.69) is 31.2 Å². The summed E-state index contributed by atoms with van der Waals surface area (Å²) >= 11 is 0. The molecule has 11 nitrogen and oxygen atoms in total. The molecule has 2 aliphatic carbocycles. The van der Waals surface area contributed by atoms with Crippen molar-refractivity contribution in [2.24, 2.45) is 17.6 Å². The number of likely N-dealkylation sites (tertiary alicyclic amines) is 1. The number of aromatic nitrogens is 6. The highest BCUT2D eigenvalue weighted by Crippen LogP contribution is 2.42. The van der Waals surface area contributed by atoms with Gasteiger partial charge in [-0.2, -0.15) is 0 Å². The van der Waals surface area contributed by atoms with Crippen molar-refractivity contribution in [2.75, 3.05) is 31.6 Å². The van der Waals surface area contributed by atoms with Gasteiger partial charge < -0.3 is 29.4 Å². The zero-order valence-corrected chi connectivity index (χ0v) is 27.0. The van der Waals surface area contributed by atoms with Gasteiger partial charge in [-0.3, -0.25) is 4.79 Å². The first kappa shape index (κ1) is 28.7. The average Bonchev–Trinajstić information content (AvgIpc) is 3.43. The molecule has 4 fully saturated rings. The van der Waals surface area contributed by atoms with Crippen molar-refractivity contribution in [3.8, 4) is 17.3 Å². The normalized spacial score (nSPS) is 23.0. The number of pyridine rings is 1. The lowest BCUT2D eigenvalue weighted by Crippen LogP contribution is -2.41. The minimum Gasteiger partial charge on any atom is -0.494 e. The molecule has 9 rings (SSSR count). The first-order valence-corrected chi connectivity index (χ1v) is 17.1. The Kier molecular flexibility index (Phi) is 6.74. The maximum Gasteiger partial charge on any atom is 0.254 e. The van der Waals surface area contributed by atoms with Crippen LogP contribution >= 0.6 is 0 Å². The van der Waals surface area contributed by atoms with Gasteiger partial charge in [-0.1, -0.05) is 0 Å². The third-order valence-corrected chi connectivity index (χ3v) is 11.1. The number of nitrogens with zero attached hydrogens (tertiary/aromatic N) is 8. The molecule has 0 radical (unpaired) electrons. The molecule has 47 heavy (non-hydrogen) atoms. The van der Waals surface area contributed by atoms with E-state index in [9.17, 15) is 4.79 Å². The fourth-order valence-corrected chi connectivity index (χ4v) is 8.45. The van der Waals surface area contributed by atoms with Crippen LogP contribution in [0.5, 0.6) is 5.75 Å². The van der Waals surface area contributed by atoms with Crippen LogP contribution in [0.15, 0.2) is 48.8 Å². The van der Waals surface area contributed by atoms with E-state index in [0.717, 1.165) is 97.1 Å². The van der Waals surface area contributed by atoms with E-state index >= 15 is 0 Å². The largest absolute Gasteiger partial charge is 0.494 e. The van der Waals surface area contributed by atoms with E-state index in [1.807, 2.05) is 48.5 Å². The average molecular weight is 632 g/mol. The Balaban J connectivity index is 1.17. The van der Waals surface area contributed by atoms with Gasteiger partial charge in [-0.15, -0.1) is 0 Å². The highest BCUT2D eigenvalue weighted by molar-refractivity contribution is 6.00. The summed E-state index contributed by atoms with van der Waals surface area (Å²) in [7, 11) is 1.70. The number of anilines is 1. The number of carbonyl (C=O) groups excluding carboxylic acids is 1. The molecule has 5 aromatic rings. The van der Waals surface area contributed by atoms with Crippen molar-refractivity contribution < 1.29 is 9.53 Å². The molecule has 1 unspecified atom stereocenters. The van der Waals surface area contributed by atoms with E-state index in [1.165, 1.54) is 12.8 Å². The fraction of sp³-hybridized carbons (Fsp3) is 0.472. The van der Waals surface area contributed by atoms with Crippen LogP contribution in [-0.2, 0) is 6.54 Å². The lowest BCUT2D eigenvalue weighted by molar-refractivity contribution is 0.0700. The molecule has 2 aliphatic heterocycles. The number of aryl methyl sites for hydroxylation is 1.